The average molecular weight is 417 g/mol. The molecule has 0 saturated carbocycles. The van der Waals surface area contributed by atoms with Crippen LogP contribution in [0.25, 0.3) is 11.0 Å². The Labute approximate surface area is 163 Å². The Morgan fingerprint density at radius 3 is 2.46 bits per heavy atom. The molecule has 0 unspecified atom stereocenters. The van der Waals surface area contributed by atoms with Gasteiger partial charge in [0.15, 0.2) is 5.65 Å². The van der Waals surface area contributed by atoms with Gasteiger partial charge in [-0.15, -0.1) is 0 Å². The second-order valence-electron chi connectivity index (χ2n) is 6.24. The maximum Gasteiger partial charge on any atom is 0.164 e. The lowest BCUT2D eigenvalue weighted by Crippen LogP contribution is -2.35. The van der Waals surface area contributed by atoms with E-state index in [4.69, 9.17) is 0 Å². The average Bonchev–Trinajstić information content (AvgIpc) is 2.96. The van der Waals surface area contributed by atoms with Crippen molar-refractivity contribution in [1.29, 1.82) is 0 Å². The topological polar surface area (TPSA) is 50.1 Å². The molecule has 0 amide bonds. The standard InChI is InChI=1S/C19H25BrN6/c1-4-25(5-2)11-12-26(13-15-9-7-6-8-10-15)19-16-17(20)23-24(3)18(16)21-14-22-19/h6-10,14H,4-5,11-13H2,1-3H3. The molecule has 1 aromatic carbocycles. The molecule has 7 heteroatoms. The summed E-state index contributed by atoms with van der Waals surface area (Å²) in [4.78, 5) is 13.8. The lowest BCUT2D eigenvalue weighted by Gasteiger charge is -2.27. The van der Waals surface area contributed by atoms with Crippen LogP contribution < -0.4 is 4.90 Å². The third-order valence-electron chi connectivity index (χ3n) is 4.65. The summed E-state index contributed by atoms with van der Waals surface area (Å²) < 4.78 is 2.57. The molecule has 0 radical (unpaired) electrons. The minimum atomic E-state index is 0.784. The summed E-state index contributed by atoms with van der Waals surface area (Å²) in [6.07, 6.45) is 1.63. The lowest BCUT2D eigenvalue weighted by atomic mass is 10.2. The summed E-state index contributed by atoms with van der Waals surface area (Å²) in [7, 11) is 1.90. The van der Waals surface area contributed by atoms with Gasteiger partial charge in [-0.2, -0.15) is 5.10 Å². The molecule has 0 bridgehead atoms. The maximum atomic E-state index is 4.62. The SMILES string of the molecule is CCN(CC)CCN(Cc1ccccc1)c1ncnc2c1c(Br)nn2C. The van der Waals surface area contributed by atoms with Crippen molar-refractivity contribution in [2.75, 3.05) is 31.1 Å². The molecule has 0 saturated heterocycles. The largest absolute Gasteiger partial charge is 0.350 e. The molecule has 0 fully saturated rings. The van der Waals surface area contributed by atoms with Crippen LogP contribution in [0.1, 0.15) is 19.4 Å². The van der Waals surface area contributed by atoms with Crippen LogP contribution in [0.4, 0.5) is 5.82 Å². The molecule has 26 heavy (non-hydrogen) atoms. The van der Waals surface area contributed by atoms with Crippen molar-refractivity contribution in [3.05, 3.63) is 46.8 Å². The smallest absolute Gasteiger partial charge is 0.164 e. The maximum absolute atomic E-state index is 4.62. The van der Waals surface area contributed by atoms with Crippen molar-refractivity contribution in [2.24, 2.45) is 7.05 Å². The van der Waals surface area contributed by atoms with Crippen molar-refractivity contribution in [1.82, 2.24) is 24.6 Å². The number of nitrogens with zero attached hydrogens (tertiary/aromatic N) is 6. The van der Waals surface area contributed by atoms with Gasteiger partial charge in [-0.1, -0.05) is 44.2 Å². The molecule has 0 aliphatic heterocycles. The van der Waals surface area contributed by atoms with Crippen LogP contribution in [0.15, 0.2) is 41.3 Å². The van der Waals surface area contributed by atoms with Crippen LogP contribution in [-0.2, 0) is 13.6 Å². The van der Waals surface area contributed by atoms with E-state index < -0.39 is 0 Å². The van der Waals surface area contributed by atoms with Gasteiger partial charge < -0.3 is 9.80 Å². The molecule has 0 aliphatic carbocycles. The van der Waals surface area contributed by atoms with E-state index in [2.05, 4.69) is 78.9 Å². The molecule has 0 atom stereocenters. The van der Waals surface area contributed by atoms with Crippen LogP contribution in [0.2, 0.25) is 0 Å². The fourth-order valence-electron chi connectivity index (χ4n) is 3.13. The molecular formula is C19H25BrN6. The zero-order valence-corrected chi connectivity index (χ0v) is 17.1. The minimum absolute atomic E-state index is 0.784. The highest BCUT2D eigenvalue weighted by Gasteiger charge is 2.19. The Hall–Kier alpha value is -1.99. The highest BCUT2D eigenvalue weighted by Crippen LogP contribution is 2.30. The highest BCUT2D eigenvalue weighted by molar-refractivity contribution is 9.10. The number of aromatic nitrogens is 4. The van der Waals surface area contributed by atoms with Crippen LogP contribution in [0, 0.1) is 0 Å². The molecule has 2 aromatic heterocycles. The van der Waals surface area contributed by atoms with Crippen molar-refractivity contribution in [2.45, 2.75) is 20.4 Å². The van der Waals surface area contributed by atoms with Crippen molar-refractivity contribution < 1.29 is 0 Å². The van der Waals surface area contributed by atoms with Crippen LogP contribution in [0.5, 0.6) is 0 Å². The predicted octanol–water partition coefficient (Wildman–Crippen LogP) is 3.47. The van der Waals surface area contributed by atoms with Gasteiger partial charge in [0.1, 0.15) is 16.7 Å². The Balaban J connectivity index is 1.97. The third kappa shape index (κ3) is 4.04. The van der Waals surface area contributed by atoms with Gasteiger partial charge in [-0.05, 0) is 34.6 Å². The Morgan fingerprint density at radius 1 is 1.04 bits per heavy atom. The summed E-state index contributed by atoms with van der Waals surface area (Å²) in [5, 5.41) is 5.43. The lowest BCUT2D eigenvalue weighted by molar-refractivity contribution is 0.309. The van der Waals surface area contributed by atoms with Crippen molar-refractivity contribution >= 4 is 32.8 Å². The number of likely N-dealkylation sites (N-methyl/N-ethyl adjacent to an activating group) is 1. The van der Waals surface area contributed by atoms with Crippen LogP contribution >= 0.6 is 15.9 Å². The number of hydrogen-bond donors (Lipinski definition) is 0. The monoisotopic (exact) mass is 416 g/mol. The van der Waals surface area contributed by atoms with E-state index in [0.717, 1.165) is 54.2 Å². The normalized spacial score (nSPS) is 11.4. The molecule has 0 N–H and O–H groups in total. The van der Waals surface area contributed by atoms with E-state index in [-0.39, 0.29) is 0 Å². The fourth-order valence-corrected chi connectivity index (χ4v) is 3.72. The van der Waals surface area contributed by atoms with Gasteiger partial charge in [-0.25, -0.2) is 14.6 Å². The van der Waals surface area contributed by atoms with Crippen LogP contribution in [-0.4, -0.2) is 50.8 Å². The second-order valence-corrected chi connectivity index (χ2v) is 7.00. The molecule has 0 aliphatic rings. The summed E-state index contributed by atoms with van der Waals surface area (Å²) in [6.45, 7) is 9.18. The number of aryl methyl sites for hydroxylation is 1. The molecule has 138 valence electrons. The first-order valence-corrected chi connectivity index (χ1v) is 9.77. The molecule has 3 aromatic rings. The van der Waals surface area contributed by atoms with E-state index in [1.54, 1.807) is 11.0 Å². The minimum Gasteiger partial charge on any atom is -0.350 e. The molecule has 6 nitrogen and oxygen atoms in total. The first-order chi connectivity index (χ1) is 12.6. The first-order valence-electron chi connectivity index (χ1n) is 8.98. The van der Waals surface area contributed by atoms with Gasteiger partial charge in [0, 0.05) is 26.7 Å². The van der Waals surface area contributed by atoms with E-state index in [1.807, 2.05) is 13.1 Å². The zero-order chi connectivity index (χ0) is 18.5. The number of anilines is 1. The number of hydrogen-bond acceptors (Lipinski definition) is 5. The number of rotatable bonds is 8. The van der Waals surface area contributed by atoms with Gasteiger partial charge in [0.05, 0.1) is 5.39 Å². The Kier molecular flexibility index (Phi) is 6.21. The molecular weight excluding hydrogens is 392 g/mol. The molecule has 0 spiro atoms. The third-order valence-corrected chi connectivity index (χ3v) is 5.21. The molecule has 3 rings (SSSR count). The quantitative estimate of drug-likeness (QED) is 0.562. The van der Waals surface area contributed by atoms with E-state index in [1.165, 1.54) is 5.56 Å². The first kappa shape index (κ1) is 18.8. The number of benzene rings is 1. The zero-order valence-electron chi connectivity index (χ0n) is 15.6. The van der Waals surface area contributed by atoms with E-state index >= 15 is 0 Å². The van der Waals surface area contributed by atoms with Gasteiger partial charge in [0.2, 0.25) is 0 Å². The summed E-state index contributed by atoms with van der Waals surface area (Å²) in [6, 6.07) is 10.5. The summed E-state index contributed by atoms with van der Waals surface area (Å²) >= 11 is 3.58. The van der Waals surface area contributed by atoms with Crippen molar-refractivity contribution in [3.8, 4) is 0 Å². The fraction of sp³-hybridized carbons (Fsp3) is 0.421. The van der Waals surface area contributed by atoms with Gasteiger partial charge in [-0.3, -0.25) is 0 Å². The summed E-state index contributed by atoms with van der Waals surface area (Å²) in [5.41, 5.74) is 2.10. The van der Waals surface area contributed by atoms with Gasteiger partial charge >= 0.3 is 0 Å². The van der Waals surface area contributed by atoms with Crippen LogP contribution in [0.3, 0.4) is 0 Å². The molecule has 2 heterocycles. The van der Waals surface area contributed by atoms with Crippen molar-refractivity contribution in [3.63, 3.8) is 0 Å². The predicted molar refractivity (Wildman–Crippen MR) is 109 cm³/mol. The number of halogens is 1. The Morgan fingerprint density at radius 2 is 1.77 bits per heavy atom. The van der Waals surface area contributed by atoms with E-state index in [9.17, 15) is 0 Å². The Bertz CT molecular complexity index is 844. The number of fused-ring (bicyclic) bond motifs is 1. The van der Waals surface area contributed by atoms with Gasteiger partial charge in [0.25, 0.3) is 0 Å². The summed E-state index contributed by atoms with van der Waals surface area (Å²) in [5.74, 6) is 0.922. The van der Waals surface area contributed by atoms with E-state index in [0.29, 0.717) is 0 Å². The second kappa shape index (κ2) is 8.60. The highest BCUT2D eigenvalue weighted by atomic mass is 79.9.